The first kappa shape index (κ1) is 27.9. The molecule has 14 heteroatoms. The van der Waals surface area contributed by atoms with Gasteiger partial charge in [0.25, 0.3) is 11.8 Å². The van der Waals surface area contributed by atoms with Gasteiger partial charge >= 0.3 is 12.2 Å². The maximum Gasteiger partial charge on any atom is 0.416 e. The van der Waals surface area contributed by atoms with E-state index in [1.165, 1.54) is 17.2 Å². The molecule has 42 heavy (non-hydrogen) atoms. The van der Waals surface area contributed by atoms with Gasteiger partial charge in [0, 0.05) is 38.5 Å². The van der Waals surface area contributed by atoms with Gasteiger partial charge in [0.15, 0.2) is 18.2 Å². The fourth-order valence-corrected chi connectivity index (χ4v) is 6.11. The van der Waals surface area contributed by atoms with Gasteiger partial charge in [0.1, 0.15) is 23.8 Å². The van der Waals surface area contributed by atoms with Crippen LogP contribution in [0.4, 0.5) is 25.6 Å². The number of anilines is 2. The molecule has 2 fully saturated rings. The van der Waals surface area contributed by atoms with E-state index in [0.29, 0.717) is 42.9 Å². The number of fused-ring (bicyclic) bond motifs is 2. The number of carboxylic acid groups (broad SMARTS) is 1. The van der Waals surface area contributed by atoms with Crippen molar-refractivity contribution < 1.29 is 38.1 Å². The van der Waals surface area contributed by atoms with Crippen molar-refractivity contribution in [2.75, 3.05) is 49.6 Å². The summed E-state index contributed by atoms with van der Waals surface area (Å²) in [6.45, 7) is 5.94. The third kappa shape index (κ3) is 5.75. The molecule has 0 saturated carbocycles. The largest absolute Gasteiger partial charge is 0.491 e. The van der Waals surface area contributed by atoms with Crippen molar-refractivity contribution in [1.29, 1.82) is 0 Å². The highest BCUT2D eigenvalue weighted by molar-refractivity contribution is 5.94. The molecule has 4 aliphatic rings. The predicted octanol–water partition coefficient (Wildman–Crippen LogP) is 2.58. The summed E-state index contributed by atoms with van der Waals surface area (Å²) < 4.78 is 31.8. The number of amides is 3. The number of halogens is 1. The van der Waals surface area contributed by atoms with Gasteiger partial charge in [0.05, 0.1) is 18.3 Å². The Morgan fingerprint density at radius 3 is 2.83 bits per heavy atom. The van der Waals surface area contributed by atoms with E-state index in [-0.39, 0.29) is 42.6 Å². The molecule has 3 aliphatic heterocycles. The fourth-order valence-electron chi connectivity index (χ4n) is 6.11. The summed E-state index contributed by atoms with van der Waals surface area (Å²) >= 11 is 0. The van der Waals surface area contributed by atoms with Crippen LogP contribution in [0.3, 0.4) is 0 Å². The Morgan fingerprint density at radius 2 is 2.07 bits per heavy atom. The minimum absolute atomic E-state index is 0.0719. The molecule has 0 radical (unpaired) electrons. The summed E-state index contributed by atoms with van der Waals surface area (Å²) in [5.74, 6) is 0.675. The number of nitrogens with one attached hydrogen (secondary N) is 2. The molecule has 1 spiro atoms. The van der Waals surface area contributed by atoms with E-state index < -0.39 is 23.3 Å². The molecule has 1 aliphatic carbocycles. The van der Waals surface area contributed by atoms with Crippen LogP contribution in [0.5, 0.6) is 11.6 Å². The van der Waals surface area contributed by atoms with Crippen LogP contribution < -0.4 is 25.0 Å². The van der Waals surface area contributed by atoms with Crippen LogP contribution in [0.1, 0.15) is 37.8 Å². The van der Waals surface area contributed by atoms with E-state index in [9.17, 15) is 18.8 Å². The summed E-state index contributed by atoms with van der Waals surface area (Å²) in [5, 5.41) is 14.0. The summed E-state index contributed by atoms with van der Waals surface area (Å²) in [7, 11) is 0. The molecule has 6 rings (SSSR count). The summed E-state index contributed by atoms with van der Waals surface area (Å²) in [6.07, 6.45) is 2.46. The van der Waals surface area contributed by atoms with Crippen molar-refractivity contribution in [3.05, 3.63) is 35.3 Å². The van der Waals surface area contributed by atoms with E-state index in [0.717, 1.165) is 31.6 Å². The minimum Gasteiger partial charge on any atom is -0.491 e. The van der Waals surface area contributed by atoms with Crippen molar-refractivity contribution in [3.63, 3.8) is 0 Å². The van der Waals surface area contributed by atoms with Crippen LogP contribution in [0.2, 0.25) is 0 Å². The minimum atomic E-state index is -1.14. The second-order valence-corrected chi connectivity index (χ2v) is 12.1. The number of rotatable bonds is 7. The molecule has 1 aromatic heterocycles. The van der Waals surface area contributed by atoms with Crippen molar-refractivity contribution in [2.45, 2.75) is 50.7 Å². The van der Waals surface area contributed by atoms with E-state index in [1.54, 1.807) is 13.8 Å². The molecular formula is C28H33FN6O7. The maximum atomic E-state index is 15.0. The lowest BCUT2D eigenvalue weighted by Gasteiger charge is -2.38. The molecule has 3 N–H and O–H groups in total. The lowest BCUT2D eigenvalue weighted by Crippen LogP contribution is -2.48. The zero-order chi connectivity index (χ0) is 29.6. The third-order valence-corrected chi connectivity index (χ3v) is 8.16. The lowest BCUT2D eigenvalue weighted by molar-refractivity contribution is -0.118. The van der Waals surface area contributed by atoms with E-state index in [1.807, 2.05) is 6.07 Å². The number of benzene rings is 1. The SMILES string of the molecule is CC(C)(COc1cc(F)c2c(c1)CC(CN1CCC3(CC1)CN(c1cnc4c(n1)NC(=O)CO4)C(=O)O3)C2)NC(=O)O. The average Bonchev–Trinajstić information content (AvgIpc) is 3.48. The highest BCUT2D eigenvalue weighted by Gasteiger charge is 2.48. The van der Waals surface area contributed by atoms with Gasteiger partial charge in [-0.1, -0.05) is 0 Å². The number of ether oxygens (including phenoxy) is 3. The Balaban J connectivity index is 1.03. The van der Waals surface area contributed by atoms with Gasteiger partial charge in [-0.3, -0.25) is 9.69 Å². The Hall–Kier alpha value is -4.20. The van der Waals surface area contributed by atoms with Crippen LogP contribution >= 0.6 is 0 Å². The van der Waals surface area contributed by atoms with Gasteiger partial charge in [-0.2, -0.15) is 0 Å². The summed E-state index contributed by atoms with van der Waals surface area (Å²) in [6, 6.07) is 3.23. The van der Waals surface area contributed by atoms with Crippen LogP contribution in [0, 0.1) is 11.7 Å². The Kier molecular flexibility index (Phi) is 7.03. The van der Waals surface area contributed by atoms with E-state index in [2.05, 4.69) is 25.5 Å². The van der Waals surface area contributed by atoms with Gasteiger partial charge in [-0.25, -0.2) is 23.9 Å². The first-order chi connectivity index (χ1) is 20.0. The molecule has 0 bridgehead atoms. The van der Waals surface area contributed by atoms with Gasteiger partial charge in [0.2, 0.25) is 0 Å². The highest BCUT2D eigenvalue weighted by atomic mass is 19.1. The molecule has 13 nitrogen and oxygen atoms in total. The van der Waals surface area contributed by atoms with Gasteiger partial charge in [-0.05, 0) is 49.8 Å². The molecule has 2 saturated heterocycles. The maximum absolute atomic E-state index is 15.0. The zero-order valence-corrected chi connectivity index (χ0v) is 23.4. The smallest absolute Gasteiger partial charge is 0.416 e. The van der Waals surface area contributed by atoms with Gasteiger partial charge < -0.3 is 34.9 Å². The molecule has 1 atom stereocenters. The molecule has 3 amide bonds. The van der Waals surface area contributed by atoms with Crippen LogP contribution in [0.15, 0.2) is 18.3 Å². The first-order valence-electron chi connectivity index (χ1n) is 14.0. The average molecular weight is 585 g/mol. The molecule has 224 valence electrons. The summed E-state index contributed by atoms with van der Waals surface area (Å²) in [4.78, 5) is 47.7. The topological polar surface area (TPSA) is 155 Å². The van der Waals surface area contributed by atoms with Crippen LogP contribution in [-0.2, 0) is 22.4 Å². The number of carbonyl (C=O) groups excluding carboxylic acids is 2. The standard InChI is InChI=1S/C28H33FN6O7/c1-27(2,33-25(37)38)15-41-18-9-17-7-16(8-19(17)20(29)10-18)12-34-5-3-28(4-6-34)14-35(26(39)42-28)21-11-30-24-23(31-21)32-22(36)13-40-24/h9-11,16,33H,3-8,12-15H2,1-2H3,(H,37,38)(H,31,32,36). The number of aromatic nitrogens is 2. The second-order valence-electron chi connectivity index (χ2n) is 12.1. The number of piperidine rings is 1. The Bertz CT molecular complexity index is 1430. The third-order valence-electron chi connectivity index (χ3n) is 8.16. The van der Waals surface area contributed by atoms with Gasteiger partial charge in [-0.15, -0.1) is 0 Å². The van der Waals surface area contributed by atoms with Crippen molar-refractivity contribution in [2.24, 2.45) is 5.92 Å². The monoisotopic (exact) mass is 584 g/mol. The van der Waals surface area contributed by atoms with Crippen LogP contribution in [-0.4, -0.2) is 88.6 Å². The van der Waals surface area contributed by atoms with E-state index >= 15 is 0 Å². The predicted molar refractivity (Wildman–Crippen MR) is 146 cm³/mol. The van der Waals surface area contributed by atoms with Crippen molar-refractivity contribution in [3.8, 4) is 11.6 Å². The molecule has 4 heterocycles. The number of likely N-dealkylation sites (tertiary alicyclic amines) is 1. The number of nitrogens with zero attached hydrogens (tertiary/aromatic N) is 4. The Labute approximate surface area is 241 Å². The quantitative estimate of drug-likeness (QED) is 0.442. The van der Waals surface area contributed by atoms with E-state index in [4.69, 9.17) is 19.3 Å². The Morgan fingerprint density at radius 1 is 1.29 bits per heavy atom. The normalized spacial score (nSPS) is 21.3. The van der Waals surface area contributed by atoms with Crippen molar-refractivity contribution in [1.82, 2.24) is 20.2 Å². The highest BCUT2D eigenvalue weighted by Crippen LogP contribution is 2.38. The van der Waals surface area contributed by atoms with Crippen LogP contribution in [0.25, 0.3) is 0 Å². The second kappa shape index (κ2) is 10.6. The molecule has 1 aromatic carbocycles. The number of carbonyl (C=O) groups is 3. The number of hydrogen-bond acceptors (Lipinski definition) is 9. The first-order valence-corrected chi connectivity index (χ1v) is 14.0. The van der Waals surface area contributed by atoms with Crippen molar-refractivity contribution >= 4 is 29.7 Å². The molecule has 1 unspecified atom stereocenters. The number of hydrogen-bond donors (Lipinski definition) is 3. The molecular weight excluding hydrogens is 551 g/mol. The lowest BCUT2D eigenvalue weighted by atomic mass is 9.90. The zero-order valence-electron chi connectivity index (χ0n) is 23.4. The fraction of sp³-hybridized carbons (Fsp3) is 0.536. The molecule has 2 aromatic rings. The summed E-state index contributed by atoms with van der Waals surface area (Å²) in [5.41, 5.74) is 0.170.